The average Bonchev–Trinajstić information content (AvgIpc) is 3.96. The van der Waals surface area contributed by atoms with Crippen molar-refractivity contribution < 1.29 is 8.83 Å². The van der Waals surface area contributed by atoms with E-state index in [0.29, 0.717) is 17.5 Å². The molecule has 4 aromatic heterocycles. The van der Waals surface area contributed by atoms with Crippen molar-refractivity contribution in [2.45, 2.75) is 0 Å². The Kier molecular flexibility index (Phi) is 6.83. The fourth-order valence-electron chi connectivity index (χ4n) is 8.57. The first kappa shape index (κ1) is 31.5. The zero-order chi connectivity index (χ0) is 37.5. The molecule has 0 unspecified atom stereocenters. The number of fused-ring (bicyclic) bond motifs is 9. The van der Waals surface area contributed by atoms with Crippen LogP contribution in [0.3, 0.4) is 0 Å². The second-order valence-corrected chi connectivity index (χ2v) is 14.3. The van der Waals surface area contributed by atoms with E-state index in [0.717, 1.165) is 77.4 Å². The summed E-state index contributed by atoms with van der Waals surface area (Å²) in [6.45, 7) is 0. The van der Waals surface area contributed by atoms with E-state index in [9.17, 15) is 0 Å². The molecule has 6 heteroatoms. The highest BCUT2D eigenvalue weighted by molar-refractivity contribution is 6.15. The van der Waals surface area contributed by atoms with Crippen LogP contribution in [0.2, 0.25) is 0 Å². The minimum Gasteiger partial charge on any atom is -0.456 e. The highest BCUT2D eigenvalue weighted by atomic mass is 16.3. The van der Waals surface area contributed by atoms with Crippen LogP contribution in [0.4, 0.5) is 0 Å². The van der Waals surface area contributed by atoms with Crippen molar-refractivity contribution in [2.75, 3.05) is 0 Å². The smallest absolute Gasteiger partial charge is 0.164 e. The molecule has 266 valence electrons. The largest absolute Gasteiger partial charge is 0.456 e. The van der Waals surface area contributed by atoms with Crippen molar-refractivity contribution in [1.82, 2.24) is 19.5 Å². The molecule has 8 aromatic carbocycles. The highest BCUT2D eigenvalue weighted by Crippen LogP contribution is 2.42. The van der Waals surface area contributed by atoms with Crippen molar-refractivity contribution in [3.63, 3.8) is 0 Å². The van der Waals surface area contributed by atoms with Crippen molar-refractivity contribution in [2.24, 2.45) is 0 Å². The molecule has 0 spiro atoms. The van der Waals surface area contributed by atoms with Gasteiger partial charge in [-0.05, 0) is 54.1 Å². The van der Waals surface area contributed by atoms with E-state index in [1.165, 1.54) is 21.8 Å². The first-order chi connectivity index (χ1) is 28.3. The first-order valence-electron chi connectivity index (χ1n) is 19.0. The number of rotatable bonds is 5. The molecule has 0 amide bonds. The lowest BCUT2D eigenvalue weighted by Gasteiger charge is -2.14. The van der Waals surface area contributed by atoms with Gasteiger partial charge in [-0.2, -0.15) is 0 Å². The van der Waals surface area contributed by atoms with E-state index in [1.807, 2.05) is 66.7 Å². The minimum absolute atomic E-state index is 0.558. The molecule has 0 N–H and O–H groups in total. The third kappa shape index (κ3) is 4.87. The topological polar surface area (TPSA) is 69.9 Å². The Labute approximate surface area is 325 Å². The molecular weight excluding hydrogens is 701 g/mol. The summed E-state index contributed by atoms with van der Waals surface area (Å²) >= 11 is 0. The molecule has 0 aliphatic carbocycles. The molecule has 0 aliphatic rings. The van der Waals surface area contributed by atoms with Gasteiger partial charge in [0.1, 0.15) is 22.3 Å². The normalized spacial score (nSPS) is 11.9. The molecule has 0 bridgehead atoms. The summed E-state index contributed by atoms with van der Waals surface area (Å²) < 4.78 is 15.3. The van der Waals surface area contributed by atoms with Gasteiger partial charge < -0.3 is 13.4 Å². The van der Waals surface area contributed by atoms with E-state index in [2.05, 4.69) is 120 Å². The third-order valence-corrected chi connectivity index (χ3v) is 11.1. The molecule has 6 nitrogen and oxygen atoms in total. The molecule has 57 heavy (non-hydrogen) atoms. The van der Waals surface area contributed by atoms with Crippen LogP contribution in [0.15, 0.2) is 191 Å². The summed E-state index contributed by atoms with van der Waals surface area (Å²) in [5, 5.41) is 6.54. The first-order valence-corrected chi connectivity index (χ1v) is 19.0. The van der Waals surface area contributed by atoms with Crippen LogP contribution in [-0.2, 0) is 0 Å². The highest BCUT2D eigenvalue weighted by Gasteiger charge is 2.21. The van der Waals surface area contributed by atoms with Crippen molar-refractivity contribution >= 4 is 65.7 Å². The Balaban J connectivity index is 1.04. The van der Waals surface area contributed by atoms with Gasteiger partial charge in [-0.15, -0.1) is 0 Å². The molecule has 0 radical (unpaired) electrons. The minimum atomic E-state index is 0.558. The van der Waals surface area contributed by atoms with Crippen LogP contribution in [-0.4, -0.2) is 19.5 Å². The van der Waals surface area contributed by atoms with E-state index < -0.39 is 0 Å². The Hall–Kier alpha value is -7.83. The summed E-state index contributed by atoms with van der Waals surface area (Å²) in [5.41, 5.74) is 11.5. The van der Waals surface area contributed by atoms with Gasteiger partial charge in [0.15, 0.2) is 17.5 Å². The monoisotopic (exact) mass is 730 g/mol. The van der Waals surface area contributed by atoms with E-state index >= 15 is 0 Å². The number of aromatic nitrogens is 4. The quantitative estimate of drug-likeness (QED) is 0.176. The number of benzene rings is 8. The fourth-order valence-corrected chi connectivity index (χ4v) is 8.57. The lowest BCUT2D eigenvalue weighted by molar-refractivity contribution is 0.668. The summed E-state index contributed by atoms with van der Waals surface area (Å²) in [5.74, 6) is 1.72. The molecule has 4 heterocycles. The van der Waals surface area contributed by atoms with Gasteiger partial charge in [0.2, 0.25) is 0 Å². The predicted octanol–water partition coefficient (Wildman–Crippen LogP) is 13.4. The maximum absolute atomic E-state index is 6.68. The van der Waals surface area contributed by atoms with Gasteiger partial charge in [0.25, 0.3) is 0 Å². The van der Waals surface area contributed by atoms with Crippen LogP contribution in [0, 0.1) is 0 Å². The molecular formula is C51H30N4O2. The molecule has 0 saturated heterocycles. The van der Waals surface area contributed by atoms with E-state index in [-0.39, 0.29) is 0 Å². The lowest BCUT2D eigenvalue weighted by Crippen LogP contribution is -2.00. The fraction of sp³-hybridized carbons (Fsp3) is 0. The van der Waals surface area contributed by atoms with Gasteiger partial charge in [-0.3, -0.25) is 0 Å². The van der Waals surface area contributed by atoms with Crippen LogP contribution >= 0.6 is 0 Å². The summed E-state index contributed by atoms with van der Waals surface area (Å²) in [6.07, 6.45) is 0. The number of furan rings is 2. The zero-order valence-electron chi connectivity index (χ0n) is 30.4. The maximum Gasteiger partial charge on any atom is 0.164 e. The lowest BCUT2D eigenvalue weighted by atomic mass is 9.97. The summed E-state index contributed by atoms with van der Waals surface area (Å²) in [7, 11) is 0. The van der Waals surface area contributed by atoms with Gasteiger partial charge in [0, 0.05) is 54.6 Å². The second kappa shape index (κ2) is 12.3. The SMILES string of the molecule is c1ccc(-c2nc(-c3ccc4c(c3)oc3cccc(-c5ccccc5-n5c6ccccc6c6ccccc65)c34)nc(-c3cccc4oc5ccccc5c34)n2)cc1. The van der Waals surface area contributed by atoms with Gasteiger partial charge in [-0.1, -0.05) is 133 Å². The Bertz CT molecular complexity index is 3490. The summed E-state index contributed by atoms with van der Waals surface area (Å²) in [4.78, 5) is 15.3. The van der Waals surface area contributed by atoms with E-state index in [4.69, 9.17) is 23.8 Å². The number of nitrogens with zero attached hydrogens (tertiary/aromatic N) is 4. The summed E-state index contributed by atoms with van der Waals surface area (Å²) in [6, 6.07) is 62.7. The maximum atomic E-state index is 6.68. The van der Waals surface area contributed by atoms with Crippen LogP contribution in [0.25, 0.3) is 117 Å². The van der Waals surface area contributed by atoms with Gasteiger partial charge in [0.05, 0.1) is 16.7 Å². The zero-order valence-corrected chi connectivity index (χ0v) is 30.4. The average molecular weight is 731 g/mol. The van der Waals surface area contributed by atoms with Crippen molar-refractivity contribution in [3.8, 4) is 51.0 Å². The molecule has 0 fully saturated rings. The van der Waals surface area contributed by atoms with Crippen LogP contribution in [0.1, 0.15) is 0 Å². The van der Waals surface area contributed by atoms with Gasteiger partial charge in [-0.25, -0.2) is 15.0 Å². The van der Waals surface area contributed by atoms with Crippen molar-refractivity contribution in [1.29, 1.82) is 0 Å². The van der Waals surface area contributed by atoms with Crippen molar-refractivity contribution in [3.05, 3.63) is 182 Å². The Morgan fingerprint density at radius 1 is 0.333 bits per heavy atom. The molecule has 12 rings (SSSR count). The van der Waals surface area contributed by atoms with E-state index in [1.54, 1.807) is 0 Å². The molecule has 0 atom stereocenters. The Morgan fingerprint density at radius 2 is 0.860 bits per heavy atom. The third-order valence-electron chi connectivity index (χ3n) is 11.1. The molecule has 0 aliphatic heterocycles. The Morgan fingerprint density at radius 3 is 1.63 bits per heavy atom. The number of hydrogen-bond donors (Lipinski definition) is 0. The van der Waals surface area contributed by atoms with Crippen LogP contribution in [0.5, 0.6) is 0 Å². The predicted molar refractivity (Wildman–Crippen MR) is 230 cm³/mol. The van der Waals surface area contributed by atoms with Gasteiger partial charge >= 0.3 is 0 Å². The number of hydrogen-bond acceptors (Lipinski definition) is 5. The molecule has 12 aromatic rings. The van der Waals surface area contributed by atoms with Crippen LogP contribution < -0.4 is 0 Å². The molecule has 0 saturated carbocycles. The second-order valence-electron chi connectivity index (χ2n) is 14.3. The standard InChI is InChI=1S/C51H30N4O2/c1-2-14-31(15-3-1)49-52-50(54-51(53-49)39-21-13-27-45-48(39)37-19-7-11-25-43(37)56-45)32-28-29-38-46(30-32)57-44-26-12-20-36(47(38)44)35-18-6-10-24-42(35)55-40-22-8-4-16-33(40)34-17-5-9-23-41(34)55/h1-30H. The number of para-hydroxylation sites is 4.